The summed E-state index contributed by atoms with van der Waals surface area (Å²) in [6.45, 7) is 2.29. The number of benzene rings is 2. The molecule has 2 unspecified atom stereocenters. The van der Waals surface area contributed by atoms with Crippen molar-refractivity contribution in [2.75, 3.05) is 32.8 Å². The molecule has 36 heavy (non-hydrogen) atoms. The Morgan fingerprint density at radius 2 is 1.72 bits per heavy atom. The molecule has 1 aliphatic carbocycles. The lowest BCUT2D eigenvalue weighted by Crippen LogP contribution is -2.41. The zero-order valence-corrected chi connectivity index (χ0v) is 20.9. The number of ether oxygens (including phenoxy) is 1. The summed E-state index contributed by atoms with van der Waals surface area (Å²) in [5.74, 6) is 0.884. The number of carbonyl (C=O) groups excluding carboxylic acids is 3. The van der Waals surface area contributed by atoms with E-state index in [2.05, 4.69) is 34.9 Å². The lowest BCUT2D eigenvalue weighted by molar-refractivity contribution is -0.125. The van der Waals surface area contributed by atoms with Crippen LogP contribution in [0.15, 0.2) is 42.5 Å². The predicted molar refractivity (Wildman–Crippen MR) is 139 cm³/mol. The first-order valence-corrected chi connectivity index (χ1v) is 14.1. The van der Waals surface area contributed by atoms with Gasteiger partial charge in [0.05, 0.1) is 25.8 Å². The highest BCUT2D eigenvalue weighted by Gasteiger charge is 2.31. The summed E-state index contributed by atoms with van der Waals surface area (Å²) in [7, 11) is -0.878. The first kappa shape index (κ1) is 24.3. The number of morpholine rings is 1. The van der Waals surface area contributed by atoms with Gasteiger partial charge in [-0.3, -0.25) is 14.4 Å². The van der Waals surface area contributed by atoms with Crippen LogP contribution in [0.1, 0.15) is 34.3 Å². The Bertz CT molecular complexity index is 1200. The molecule has 2 heterocycles. The van der Waals surface area contributed by atoms with Gasteiger partial charge in [0.1, 0.15) is 0 Å². The van der Waals surface area contributed by atoms with Gasteiger partial charge in [0.2, 0.25) is 11.8 Å². The van der Waals surface area contributed by atoms with E-state index in [1.54, 1.807) is 0 Å². The maximum atomic E-state index is 12.7. The molecule has 2 aromatic carbocycles. The second kappa shape index (κ2) is 10.7. The van der Waals surface area contributed by atoms with Gasteiger partial charge in [0.25, 0.3) is 5.91 Å². The van der Waals surface area contributed by atoms with Crippen molar-refractivity contribution >= 4 is 28.6 Å². The Kier molecular flexibility index (Phi) is 7.25. The third kappa shape index (κ3) is 5.55. The minimum atomic E-state index is -0.878. The predicted octanol–water partition coefficient (Wildman–Crippen LogP) is 2.13. The lowest BCUT2D eigenvalue weighted by atomic mass is 9.99. The lowest BCUT2D eigenvalue weighted by Gasteiger charge is -2.26. The molecule has 9 heteroatoms. The van der Waals surface area contributed by atoms with Crippen molar-refractivity contribution in [2.45, 2.75) is 35.6 Å². The molecule has 188 valence electrons. The van der Waals surface area contributed by atoms with Crippen molar-refractivity contribution in [3.05, 3.63) is 59.2 Å². The molecule has 0 spiro atoms. The van der Waals surface area contributed by atoms with Gasteiger partial charge in [0.15, 0.2) is 5.25 Å². The maximum Gasteiger partial charge on any atom is 0.254 e. The highest BCUT2D eigenvalue weighted by molar-refractivity contribution is 8.17. The van der Waals surface area contributed by atoms with Crippen LogP contribution in [0, 0.1) is 11.3 Å². The Morgan fingerprint density at radius 3 is 2.42 bits per heavy atom. The van der Waals surface area contributed by atoms with Gasteiger partial charge in [-0.15, -0.1) is 0 Å². The van der Waals surface area contributed by atoms with Gasteiger partial charge in [-0.05, 0) is 47.2 Å². The fraction of sp³-hybridized carbons (Fsp3) is 0.407. The minimum Gasteiger partial charge on any atom is -0.378 e. The summed E-state index contributed by atoms with van der Waals surface area (Å²) in [4.78, 5) is 39.1. The van der Waals surface area contributed by atoms with Gasteiger partial charge in [0, 0.05) is 36.2 Å². The largest absolute Gasteiger partial charge is 0.378 e. The van der Waals surface area contributed by atoms with Crippen LogP contribution in [0.4, 0.5) is 0 Å². The van der Waals surface area contributed by atoms with E-state index in [0.29, 0.717) is 37.6 Å². The minimum absolute atomic E-state index is 0.0234. The van der Waals surface area contributed by atoms with E-state index in [1.165, 1.54) is 5.56 Å². The first-order chi connectivity index (χ1) is 17.5. The molecule has 0 bridgehead atoms. The van der Waals surface area contributed by atoms with Crippen molar-refractivity contribution in [1.82, 2.24) is 15.5 Å². The van der Waals surface area contributed by atoms with Crippen molar-refractivity contribution in [1.29, 1.82) is 5.26 Å². The van der Waals surface area contributed by atoms with Gasteiger partial charge in [-0.2, -0.15) is 5.26 Å². The molecular weight excluding hydrogens is 476 g/mol. The first-order valence-electron chi connectivity index (χ1n) is 12.3. The molecule has 8 nitrogen and oxygen atoms in total. The molecule has 2 aromatic rings. The average Bonchev–Trinajstić information content (AvgIpc) is 3.63. The zero-order valence-electron chi connectivity index (χ0n) is 20.0. The van der Waals surface area contributed by atoms with Gasteiger partial charge >= 0.3 is 0 Å². The van der Waals surface area contributed by atoms with Crippen LogP contribution in [0.2, 0.25) is 0 Å². The summed E-state index contributed by atoms with van der Waals surface area (Å²) in [5.41, 5.74) is 5.06. The molecule has 2 atom stereocenters. The number of fused-ring (bicyclic) bond motifs is 1. The monoisotopic (exact) mass is 506 g/mol. The van der Waals surface area contributed by atoms with E-state index in [-0.39, 0.29) is 30.3 Å². The third-order valence-corrected chi connectivity index (χ3v) is 9.39. The number of amides is 3. The van der Waals surface area contributed by atoms with Crippen molar-refractivity contribution < 1.29 is 19.1 Å². The van der Waals surface area contributed by atoms with E-state index in [0.717, 1.165) is 35.3 Å². The second-order valence-corrected chi connectivity index (χ2v) is 11.8. The van der Waals surface area contributed by atoms with E-state index >= 15 is 0 Å². The number of hydrogen-bond acceptors (Lipinski definition) is 5. The average molecular weight is 507 g/mol. The smallest absolute Gasteiger partial charge is 0.254 e. The summed E-state index contributed by atoms with van der Waals surface area (Å²) < 4.78 is 5.33. The molecule has 0 aromatic heterocycles. The Labute approximate surface area is 213 Å². The SMILES string of the molecule is N#CC(C(=O)NCC(=O)NC1CC1)[SH]1Cc2ccc(-c3ccc(C(=O)N4CCOCC4)cc3)cc2C1. The second-order valence-electron chi connectivity index (χ2n) is 9.46. The van der Waals surface area contributed by atoms with Crippen molar-refractivity contribution in [3.8, 4) is 17.2 Å². The number of rotatable bonds is 7. The summed E-state index contributed by atoms with van der Waals surface area (Å²) in [5, 5.41) is 14.5. The number of nitrogens with one attached hydrogen (secondary N) is 2. The number of thiol groups is 1. The van der Waals surface area contributed by atoms with E-state index in [1.807, 2.05) is 29.2 Å². The number of nitrogens with zero attached hydrogens (tertiary/aromatic N) is 2. The van der Waals surface area contributed by atoms with Crippen LogP contribution < -0.4 is 10.6 Å². The normalized spacial score (nSPS) is 20.6. The molecule has 3 aliphatic rings. The molecule has 0 radical (unpaired) electrons. The Balaban J connectivity index is 1.21. The van der Waals surface area contributed by atoms with Crippen LogP contribution in [0.5, 0.6) is 0 Å². The Morgan fingerprint density at radius 1 is 1.03 bits per heavy atom. The zero-order chi connectivity index (χ0) is 25.1. The molecular formula is C27H30N4O4S. The van der Waals surface area contributed by atoms with Gasteiger partial charge < -0.3 is 20.3 Å². The summed E-state index contributed by atoms with van der Waals surface area (Å²) in [6, 6.07) is 16.3. The molecule has 1 saturated carbocycles. The van der Waals surface area contributed by atoms with E-state index in [4.69, 9.17) is 4.74 Å². The number of nitriles is 1. The molecule has 2 fully saturated rings. The standard InChI is InChI=1S/C27H30N4O4S/c28-14-24(26(33)29-15-25(32)30-23-7-8-23)36-16-21-6-5-20(13-22(21)17-36)18-1-3-19(4-2-18)27(34)31-9-11-35-12-10-31/h1-6,13,23-24,36H,7-12,15-17H2,(H,29,33)(H,30,32). The molecule has 2 N–H and O–H groups in total. The van der Waals surface area contributed by atoms with Crippen LogP contribution in [0.3, 0.4) is 0 Å². The van der Waals surface area contributed by atoms with E-state index in [9.17, 15) is 19.6 Å². The molecule has 2 aliphatic heterocycles. The third-order valence-electron chi connectivity index (χ3n) is 6.82. The van der Waals surface area contributed by atoms with Crippen LogP contribution in [-0.4, -0.2) is 66.8 Å². The maximum absolute atomic E-state index is 12.7. The quantitative estimate of drug-likeness (QED) is 0.498. The highest BCUT2D eigenvalue weighted by atomic mass is 32.2. The van der Waals surface area contributed by atoms with E-state index < -0.39 is 16.1 Å². The highest BCUT2D eigenvalue weighted by Crippen LogP contribution is 2.47. The van der Waals surface area contributed by atoms with Gasteiger partial charge in [-0.1, -0.05) is 30.3 Å². The van der Waals surface area contributed by atoms with Gasteiger partial charge in [-0.25, -0.2) is 10.9 Å². The summed E-state index contributed by atoms with van der Waals surface area (Å²) >= 11 is 0. The molecule has 5 rings (SSSR count). The fourth-order valence-electron chi connectivity index (χ4n) is 4.61. The van der Waals surface area contributed by atoms with Crippen LogP contribution in [-0.2, 0) is 25.8 Å². The fourth-order valence-corrected chi connectivity index (χ4v) is 7.16. The molecule has 3 amide bonds. The van der Waals surface area contributed by atoms with Crippen LogP contribution >= 0.6 is 10.9 Å². The Hall–Kier alpha value is -3.35. The topological polar surface area (TPSA) is 112 Å². The number of hydrogen-bond donors (Lipinski definition) is 3. The number of carbonyl (C=O) groups is 3. The van der Waals surface area contributed by atoms with Crippen LogP contribution in [0.25, 0.3) is 11.1 Å². The van der Waals surface area contributed by atoms with Crippen molar-refractivity contribution in [3.63, 3.8) is 0 Å². The summed E-state index contributed by atoms with van der Waals surface area (Å²) in [6.07, 6.45) is 1.98. The van der Waals surface area contributed by atoms with Crippen molar-refractivity contribution in [2.24, 2.45) is 0 Å². The molecule has 1 saturated heterocycles.